The quantitative estimate of drug-likeness (QED) is 0.454. The molecule has 2 aromatic carbocycles. The number of aromatic nitrogens is 2. The van der Waals surface area contributed by atoms with Crippen molar-refractivity contribution in [3.8, 4) is 5.75 Å². The molecule has 0 aliphatic carbocycles. The van der Waals surface area contributed by atoms with E-state index >= 15 is 0 Å². The van der Waals surface area contributed by atoms with Gasteiger partial charge in [0.2, 0.25) is 6.41 Å². The minimum Gasteiger partial charge on any atom is -0.493 e. The van der Waals surface area contributed by atoms with Gasteiger partial charge in [0.15, 0.2) is 0 Å². The molecular weight excluding hydrogens is 338 g/mol. The molecule has 5 nitrogen and oxygen atoms in total. The lowest BCUT2D eigenvalue weighted by Crippen LogP contribution is -2.20. The van der Waals surface area contributed by atoms with Crippen LogP contribution >= 0.6 is 0 Å². The van der Waals surface area contributed by atoms with Gasteiger partial charge in [0, 0.05) is 6.54 Å². The van der Waals surface area contributed by atoms with Gasteiger partial charge in [-0.25, -0.2) is 4.98 Å². The Morgan fingerprint density at radius 2 is 1.96 bits per heavy atom. The van der Waals surface area contributed by atoms with Crippen LogP contribution in [0.2, 0.25) is 0 Å². The molecule has 0 bridgehead atoms. The second-order valence-corrected chi connectivity index (χ2v) is 6.87. The molecule has 0 spiro atoms. The molecule has 0 aliphatic rings. The van der Waals surface area contributed by atoms with Gasteiger partial charge in [-0.15, -0.1) is 0 Å². The highest BCUT2D eigenvalue weighted by molar-refractivity contribution is 5.76. The Hall–Kier alpha value is -2.82. The van der Waals surface area contributed by atoms with Gasteiger partial charge in [0.05, 0.1) is 23.7 Å². The van der Waals surface area contributed by atoms with Crippen molar-refractivity contribution in [2.75, 3.05) is 6.61 Å². The first-order valence-electron chi connectivity index (χ1n) is 9.45. The van der Waals surface area contributed by atoms with Crippen LogP contribution in [-0.4, -0.2) is 22.6 Å². The van der Waals surface area contributed by atoms with Crippen molar-refractivity contribution in [2.45, 2.75) is 46.2 Å². The number of fused-ring (bicyclic) bond motifs is 1. The van der Waals surface area contributed by atoms with Gasteiger partial charge in [0.25, 0.3) is 0 Å². The van der Waals surface area contributed by atoms with Crippen LogP contribution in [0.25, 0.3) is 11.0 Å². The molecule has 1 aromatic heterocycles. The van der Waals surface area contributed by atoms with E-state index < -0.39 is 0 Å². The Balaban J connectivity index is 1.63. The molecule has 142 valence electrons. The van der Waals surface area contributed by atoms with Crippen LogP contribution in [0.1, 0.15) is 42.8 Å². The van der Waals surface area contributed by atoms with E-state index in [-0.39, 0.29) is 6.04 Å². The first kappa shape index (κ1) is 19.0. The molecule has 1 N–H and O–H groups in total. The Bertz CT molecular complexity index is 917. The van der Waals surface area contributed by atoms with Gasteiger partial charge in [-0.1, -0.05) is 24.3 Å². The average molecular weight is 365 g/mol. The topological polar surface area (TPSA) is 56.1 Å². The van der Waals surface area contributed by atoms with Gasteiger partial charge >= 0.3 is 0 Å². The van der Waals surface area contributed by atoms with Gasteiger partial charge < -0.3 is 14.6 Å². The minimum absolute atomic E-state index is 0.124. The largest absolute Gasteiger partial charge is 0.493 e. The number of amides is 1. The van der Waals surface area contributed by atoms with Gasteiger partial charge in [-0.05, 0) is 62.9 Å². The molecule has 0 radical (unpaired) electrons. The zero-order valence-electron chi connectivity index (χ0n) is 16.2. The van der Waals surface area contributed by atoms with E-state index in [2.05, 4.69) is 35.9 Å². The fraction of sp³-hybridized carbons (Fsp3) is 0.364. The van der Waals surface area contributed by atoms with E-state index in [0.29, 0.717) is 6.61 Å². The minimum atomic E-state index is -0.124. The van der Waals surface area contributed by atoms with Crippen molar-refractivity contribution in [3.63, 3.8) is 0 Å². The van der Waals surface area contributed by atoms with Crippen LogP contribution in [-0.2, 0) is 11.3 Å². The van der Waals surface area contributed by atoms with E-state index in [1.165, 1.54) is 11.1 Å². The second-order valence-electron chi connectivity index (χ2n) is 6.87. The highest BCUT2D eigenvalue weighted by Crippen LogP contribution is 2.22. The monoisotopic (exact) mass is 365 g/mol. The smallest absolute Gasteiger partial charge is 0.207 e. The third-order valence-electron chi connectivity index (χ3n) is 4.98. The Morgan fingerprint density at radius 3 is 2.78 bits per heavy atom. The lowest BCUT2D eigenvalue weighted by molar-refractivity contribution is -0.110. The van der Waals surface area contributed by atoms with E-state index in [0.717, 1.165) is 48.4 Å². The number of rotatable bonds is 9. The maximum Gasteiger partial charge on any atom is 0.207 e. The zero-order valence-corrected chi connectivity index (χ0v) is 16.2. The van der Waals surface area contributed by atoms with Crippen LogP contribution in [0, 0.1) is 13.8 Å². The summed E-state index contributed by atoms with van der Waals surface area (Å²) >= 11 is 0. The highest BCUT2D eigenvalue weighted by Gasteiger charge is 2.15. The number of imidazole rings is 1. The van der Waals surface area contributed by atoms with E-state index in [9.17, 15) is 4.79 Å². The number of para-hydroxylation sites is 2. The van der Waals surface area contributed by atoms with Crippen molar-refractivity contribution >= 4 is 17.4 Å². The van der Waals surface area contributed by atoms with Gasteiger partial charge in [-0.2, -0.15) is 0 Å². The summed E-state index contributed by atoms with van der Waals surface area (Å²) in [6.45, 7) is 7.68. The highest BCUT2D eigenvalue weighted by atomic mass is 16.5. The number of benzene rings is 2. The van der Waals surface area contributed by atoms with Gasteiger partial charge in [0.1, 0.15) is 11.6 Å². The number of ether oxygens (including phenoxy) is 1. The van der Waals surface area contributed by atoms with Crippen molar-refractivity contribution < 1.29 is 9.53 Å². The summed E-state index contributed by atoms with van der Waals surface area (Å²) in [6.07, 6.45) is 2.66. The van der Waals surface area contributed by atoms with Crippen molar-refractivity contribution in [1.29, 1.82) is 0 Å². The maximum atomic E-state index is 10.8. The average Bonchev–Trinajstić information content (AvgIpc) is 3.04. The Kier molecular flexibility index (Phi) is 6.12. The van der Waals surface area contributed by atoms with Crippen LogP contribution in [0.3, 0.4) is 0 Å². The molecule has 1 heterocycles. The van der Waals surface area contributed by atoms with Crippen molar-refractivity contribution in [3.05, 3.63) is 59.4 Å². The first-order chi connectivity index (χ1) is 13.1. The number of carbonyl (C=O) groups excluding carboxylic acids is 1. The first-order valence-corrected chi connectivity index (χ1v) is 9.45. The third kappa shape index (κ3) is 4.30. The number of hydrogen-bond donors (Lipinski definition) is 1. The van der Waals surface area contributed by atoms with Crippen molar-refractivity contribution in [1.82, 2.24) is 14.9 Å². The fourth-order valence-electron chi connectivity index (χ4n) is 3.27. The lowest BCUT2D eigenvalue weighted by atomic mass is 10.1. The summed E-state index contributed by atoms with van der Waals surface area (Å²) in [4.78, 5) is 15.5. The molecule has 27 heavy (non-hydrogen) atoms. The Labute approximate surface area is 160 Å². The fourth-order valence-corrected chi connectivity index (χ4v) is 3.27. The number of nitrogens with one attached hydrogen (secondary N) is 1. The molecule has 3 rings (SSSR count). The Morgan fingerprint density at radius 1 is 1.15 bits per heavy atom. The van der Waals surface area contributed by atoms with E-state index in [1.54, 1.807) is 0 Å². The normalized spacial score (nSPS) is 12.1. The predicted octanol–water partition coefficient (Wildman–Crippen LogP) is 4.32. The zero-order chi connectivity index (χ0) is 19.2. The number of carbonyl (C=O) groups is 1. The molecule has 3 aromatic rings. The SMILES string of the molecule is Cc1cccc(OCCCCn2c(C(C)NC=O)nc3ccccc32)c1C. The molecule has 1 atom stereocenters. The van der Waals surface area contributed by atoms with Crippen LogP contribution in [0.5, 0.6) is 5.75 Å². The van der Waals surface area contributed by atoms with E-state index in [1.807, 2.05) is 37.3 Å². The summed E-state index contributed by atoms with van der Waals surface area (Å²) in [5.74, 6) is 1.85. The molecule has 0 aliphatic heterocycles. The number of hydrogen-bond acceptors (Lipinski definition) is 3. The predicted molar refractivity (Wildman–Crippen MR) is 108 cm³/mol. The third-order valence-corrected chi connectivity index (χ3v) is 4.98. The van der Waals surface area contributed by atoms with Gasteiger partial charge in [-0.3, -0.25) is 4.79 Å². The summed E-state index contributed by atoms with van der Waals surface area (Å²) in [7, 11) is 0. The van der Waals surface area contributed by atoms with Crippen LogP contribution in [0.15, 0.2) is 42.5 Å². The standard InChI is InChI=1S/C22H27N3O2/c1-16-9-8-12-21(17(16)2)27-14-7-6-13-25-20-11-5-4-10-19(20)24-22(25)18(3)23-15-26/h4-5,8-12,15,18H,6-7,13-14H2,1-3H3,(H,23,26). The number of aryl methyl sites for hydroxylation is 2. The molecular formula is C22H27N3O2. The summed E-state index contributed by atoms with van der Waals surface area (Å²) < 4.78 is 8.16. The summed E-state index contributed by atoms with van der Waals surface area (Å²) in [5, 5.41) is 2.81. The summed E-state index contributed by atoms with van der Waals surface area (Å²) in [5.41, 5.74) is 4.51. The molecule has 0 saturated carbocycles. The summed E-state index contributed by atoms with van der Waals surface area (Å²) in [6, 6.07) is 14.1. The molecule has 1 unspecified atom stereocenters. The van der Waals surface area contributed by atoms with Crippen molar-refractivity contribution in [2.24, 2.45) is 0 Å². The second kappa shape index (κ2) is 8.71. The molecule has 0 fully saturated rings. The molecule has 1 amide bonds. The van der Waals surface area contributed by atoms with Crippen LogP contribution in [0.4, 0.5) is 0 Å². The number of unbranched alkanes of at least 4 members (excludes halogenated alkanes) is 1. The van der Waals surface area contributed by atoms with Crippen LogP contribution < -0.4 is 10.1 Å². The number of nitrogens with zero attached hydrogens (tertiary/aromatic N) is 2. The lowest BCUT2D eigenvalue weighted by Gasteiger charge is -2.14. The molecule has 5 heteroatoms. The maximum absolute atomic E-state index is 10.8. The van der Waals surface area contributed by atoms with E-state index in [4.69, 9.17) is 9.72 Å². The molecule has 0 saturated heterocycles.